The number of carbonyl (C=O) groups excluding carboxylic acids is 2. The van der Waals surface area contributed by atoms with E-state index in [1.165, 1.54) is 11.8 Å². The van der Waals surface area contributed by atoms with Crippen LogP contribution in [0.2, 0.25) is 0 Å². The number of aromatic nitrogens is 2. The molecule has 1 aliphatic rings. The molecule has 1 atom stereocenters. The number of amides is 2. The zero-order chi connectivity index (χ0) is 21.8. The van der Waals surface area contributed by atoms with Crippen LogP contribution in [-0.2, 0) is 9.53 Å². The normalized spacial score (nSPS) is 15.9. The summed E-state index contributed by atoms with van der Waals surface area (Å²) in [6.07, 6.45) is 2.09. The van der Waals surface area contributed by atoms with E-state index in [9.17, 15) is 9.59 Å². The van der Waals surface area contributed by atoms with Crippen molar-refractivity contribution in [2.24, 2.45) is 0 Å². The number of aryl methyl sites for hydroxylation is 2. The van der Waals surface area contributed by atoms with Gasteiger partial charge in [0.25, 0.3) is 5.91 Å². The van der Waals surface area contributed by atoms with Crippen molar-refractivity contribution in [3.8, 4) is 0 Å². The zero-order valence-electron chi connectivity index (χ0n) is 17.4. The van der Waals surface area contributed by atoms with Gasteiger partial charge in [-0.1, -0.05) is 30.0 Å². The highest BCUT2D eigenvalue weighted by Gasteiger charge is 2.20. The fourth-order valence-corrected chi connectivity index (χ4v) is 4.03. The molecule has 8 nitrogen and oxygen atoms in total. The summed E-state index contributed by atoms with van der Waals surface area (Å²) >= 11 is 1.19. The highest BCUT2D eigenvalue weighted by molar-refractivity contribution is 7.99. The van der Waals surface area contributed by atoms with Crippen molar-refractivity contribution in [3.63, 3.8) is 0 Å². The van der Waals surface area contributed by atoms with Crippen molar-refractivity contribution in [2.45, 2.75) is 37.9 Å². The molecule has 0 saturated carbocycles. The van der Waals surface area contributed by atoms with Crippen LogP contribution in [0.3, 0.4) is 0 Å². The average molecular weight is 441 g/mol. The molecule has 1 fully saturated rings. The third-order valence-corrected chi connectivity index (χ3v) is 6.01. The number of ether oxygens (including phenoxy) is 1. The fraction of sp³-hybridized carbons (Fsp3) is 0.364. The van der Waals surface area contributed by atoms with E-state index in [-0.39, 0.29) is 23.7 Å². The Kier molecular flexibility index (Phi) is 6.53. The zero-order valence-corrected chi connectivity index (χ0v) is 18.3. The summed E-state index contributed by atoms with van der Waals surface area (Å²) in [6, 6.07) is 8.91. The van der Waals surface area contributed by atoms with Crippen molar-refractivity contribution in [3.05, 3.63) is 47.2 Å². The number of benzene rings is 1. The van der Waals surface area contributed by atoms with Crippen LogP contribution in [-0.4, -0.2) is 46.8 Å². The van der Waals surface area contributed by atoms with Gasteiger partial charge in [-0.3, -0.25) is 9.59 Å². The van der Waals surface area contributed by atoms with E-state index in [1.54, 1.807) is 24.3 Å². The number of nitrogens with zero attached hydrogens (tertiary/aromatic N) is 2. The second-order valence-electron chi connectivity index (χ2n) is 7.37. The van der Waals surface area contributed by atoms with Crippen LogP contribution in [0.1, 0.15) is 34.5 Å². The molecule has 0 aliphatic carbocycles. The molecule has 3 heterocycles. The minimum absolute atomic E-state index is 0.0930. The summed E-state index contributed by atoms with van der Waals surface area (Å²) in [5, 5.41) is 6.76. The summed E-state index contributed by atoms with van der Waals surface area (Å²) in [6.45, 7) is 5.00. The molecular formula is C22H24N4O4S. The van der Waals surface area contributed by atoms with E-state index in [1.807, 2.05) is 19.9 Å². The summed E-state index contributed by atoms with van der Waals surface area (Å²) in [4.78, 5) is 33.8. The fourth-order valence-electron chi connectivity index (χ4n) is 3.37. The molecule has 2 aromatic heterocycles. The lowest BCUT2D eigenvalue weighted by atomic mass is 10.2. The summed E-state index contributed by atoms with van der Waals surface area (Å²) in [5.41, 5.74) is 1.77. The molecule has 1 aromatic carbocycles. The number of anilines is 1. The van der Waals surface area contributed by atoms with E-state index >= 15 is 0 Å². The standard InChI is InChI=1S/C22H24N4O4S/c1-13-14(2)30-21-18(13)19(24-20(28)15-7-4-3-5-8-15)25-22(26-21)31-12-17(27)23-11-16-9-6-10-29-16/h3-5,7-8,16H,6,9-12H2,1-2H3,(H,23,27)(H,24,25,26,28)/t16-/m1/s1. The van der Waals surface area contributed by atoms with Crippen LogP contribution >= 0.6 is 11.8 Å². The Labute approximate surface area is 184 Å². The molecule has 9 heteroatoms. The molecule has 3 aromatic rings. The molecule has 0 unspecified atom stereocenters. The summed E-state index contributed by atoms with van der Waals surface area (Å²) in [5.74, 6) is 0.838. The lowest BCUT2D eigenvalue weighted by molar-refractivity contribution is -0.119. The minimum atomic E-state index is -0.274. The first-order valence-electron chi connectivity index (χ1n) is 10.2. The van der Waals surface area contributed by atoms with Crippen LogP contribution in [0.5, 0.6) is 0 Å². The highest BCUT2D eigenvalue weighted by Crippen LogP contribution is 2.31. The Morgan fingerprint density at radius 2 is 2.00 bits per heavy atom. The van der Waals surface area contributed by atoms with Crippen molar-refractivity contribution in [2.75, 3.05) is 24.2 Å². The van der Waals surface area contributed by atoms with Gasteiger partial charge in [0.1, 0.15) is 11.6 Å². The van der Waals surface area contributed by atoms with Crippen LogP contribution < -0.4 is 10.6 Å². The average Bonchev–Trinajstić information content (AvgIpc) is 3.39. The first kappa shape index (κ1) is 21.3. The van der Waals surface area contributed by atoms with Gasteiger partial charge in [0.15, 0.2) is 5.16 Å². The summed E-state index contributed by atoms with van der Waals surface area (Å²) in [7, 11) is 0. The number of carbonyl (C=O) groups is 2. The second kappa shape index (κ2) is 9.49. The molecule has 162 valence electrons. The Hall–Kier alpha value is -2.91. The van der Waals surface area contributed by atoms with Crippen LogP contribution in [0.15, 0.2) is 39.9 Å². The van der Waals surface area contributed by atoms with E-state index in [0.29, 0.717) is 39.9 Å². The number of nitrogens with one attached hydrogen (secondary N) is 2. The molecule has 0 radical (unpaired) electrons. The predicted octanol–water partition coefficient (Wildman–Crippen LogP) is 3.48. The maximum atomic E-state index is 12.7. The van der Waals surface area contributed by atoms with Gasteiger partial charge < -0.3 is 19.8 Å². The minimum Gasteiger partial charge on any atom is -0.443 e. The SMILES string of the molecule is Cc1oc2nc(SCC(=O)NC[C@H]3CCCO3)nc(NC(=O)c3ccccc3)c2c1C. The number of thioether (sulfide) groups is 1. The van der Waals surface area contributed by atoms with Crippen molar-refractivity contribution in [1.29, 1.82) is 0 Å². The van der Waals surface area contributed by atoms with Gasteiger partial charge in [0.2, 0.25) is 11.6 Å². The Balaban J connectivity index is 1.50. The molecule has 2 N–H and O–H groups in total. The van der Waals surface area contributed by atoms with Gasteiger partial charge in [-0.2, -0.15) is 4.98 Å². The van der Waals surface area contributed by atoms with E-state index in [0.717, 1.165) is 25.0 Å². The topological polar surface area (TPSA) is 106 Å². The molecule has 0 bridgehead atoms. The smallest absolute Gasteiger partial charge is 0.256 e. The number of rotatable bonds is 7. The number of hydrogen-bond acceptors (Lipinski definition) is 7. The van der Waals surface area contributed by atoms with Gasteiger partial charge in [-0.25, -0.2) is 4.98 Å². The third-order valence-electron chi connectivity index (χ3n) is 5.16. The molecule has 2 amide bonds. The number of furan rings is 1. The lowest BCUT2D eigenvalue weighted by Crippen LogP contribution is -2.32. The number of hydrogen-bond donors (Lipinski definition) is 2. The predicted molar refractivity (Wildman–Crippen MR) is 118 cm³/mol. The molecule has 4 rings (SSSR count). The summed E-state index contributed by atoms with van der Waals surface area (Å²) < 4.78 is 11.3. The van der Waals surface area contributed by atoms with E-state index in [4.69, 9.17) is 9.15 Å². The highest BCUT2D eigenvalue weighted by atomic mass is 32.2. The third kappa shape index (κ3) is 5.05. The van der Waals surface area contributed by atoms with Crippen LogP contribution in [0.4, 0.5) is 5.82 Å². The monoisotopic (exact) mass is 440 g/mol. The Morgan fingerprint density at radius 3 is 2.74 bits per heavy atom. The van der Waals surface area contributed by atoms with E-state index < -0.39 is 0 Å². The van der Waals surface area contributed by atoms with Crippen molar-refractivity contribution < 1.29 is 18.7 Å². The molecule has 1 aliphatic heterocycles. The molecular weight excluding hydrogens is 416 g/mol. The quantitative estimate of drug-likeness (QED) is 0.428. The largest absolute Gasteiger partial charge is 0.443 e. The van der Waals surface area contributed by atoms with Gasteiger partial charge in [-0.05, 0) is 38.8 Å². The van der Waals surface area contributed by atoms with Gasteiger partial charge in [-0.15, -0.1) is 0 Å². The maximum Gasteiger partial charge on any atom is 0.256 e. The maximum absolute atomic E-state index is 12.7. The molecule has 1 saturated heterocycles. The lowest BCUT2D eigenvalue weighted by Gasteiger charge is -2.11. The number of fused-ring (bicyclic) bond motifs is 1. The Bertz CT molecular complexity index is 1090. The van der Waals surface area contributed by atoms with Gasteiger partial charge >= 0.3 is 0 Å². The van der Waals surface area contributed by atoms with E-state index in [2.05, 4.69) is 20.6 Å². The van der Waals surface area contributed by atoms with Crippen LogP contribution in [0.25, 0.3) is 11.1 Å². The molecule has 0 spiro atoms. The van der Waals surface area contributed by atoms with Crippen molar-refractivity contribution >= 4 is 40.5 Å². The Morgan fingerprint density at radius 1 is 1.19 bits per heavy atom. The first-order chi connectivity index (χ1) is 15.0. The van der Waals surface area contributed by atoms with Crippen LogP contribution in [0, 0.1) is 13.8 Å². The van der Waals surface area contributed by atoms with Gasteiger partial charge in [0, 0.05) is 24.3 Å². The molecule has 31 heavy (non-hydrogen) atoms. The second-order valence-corrected chi connectivity index (χ2v) is 8.31. The van der Waals surface area contributed by atoms with Crippen molar-refractivity contribution in [1.82, 2.24) is 15.3 Å². The first-order valence-corrected chi connectivity index (χ1v) is 11.1. The van der Waals surface area contributed by atoms with Gasteiger partial charge in [0.05, 0.1) is 17.2 Å².